The van der Waals surface area contributed by atoms with E-state index in [1.165, 1.54) is 57.8 Å². The second-order valence-corrected chi connectivity index (χ2v) is 8.27. The molecule has 0 aromatic heterocycles. The molecule has 0 saturated heterocycles. The van der Waals surface area contributed by atoms with Crippen molar-refractivity contribution < 1.29 is 14.3 Å². The maximum absolute atomic E-state index is 11.7. The largest absolute Gasteiger partial charge is 0.392 e. The van der Waals surface area contributed by atoms with Crippen molar-refractivity contribution in [3.8, 4) is 0 Å². The first-order valence-electron chi connectivity index (χ1n) is 12.2. The van der Waals surface area contributed by atoms with Gasteiger partial charge in [-0.2, -0.15) is 0 Å². The van der Waals surface area contributed by atoms with Crippen LogP contribution in [-0.2, 0) is 14.3 Å². The van der Waals surface area contributed by atoms with E-state index in [1.54, 1.807) is 0 Å². The normalized spacial score (nSPS) is 11.4. The summed E-state index contributed by atoms with van der Waals surface area (Å²) >= 11 is 0. The Bertz CT molecular complexity index is 420. The van der Waals surface area contributed by atoms with E-state index in [0.717, 1.165) is 45.1 Å². The van der Waals surface area contributed by atoms with Crippen LogP contribution in [0.4, 0.5) is 0 Å². The van der Waals surface area contributed by atoms with E-state index in [4.69, 9.17) is 4.74 Å². The maximum atomic E-state index is 11.7. The Kier molecular flexibility index (Phi) is 20.7. The molecule has 29 heavy (non-hydrogen) atoms. The highest BCUT2D eigenvalue weighted by molar-refractivity contribution is 5.86. The van der Waals surface area contributed by atoms with Crippen molar-refractivity contribution in [2.45, 2.75) is 117 Å². The fraction of sp³-hybridized carbons (Fsp3) is 0.840. The maximum Gasteiger partial charge on any atom is 0.327 e. The minimum absolute atomic E-state index is 0.193. The van der Waals surface area contributed by atoms with Crippen LogP contribution in [0.2, 0.25) is 0 Å². The molecular weight excluding hydrogens is 362 g/mol. The molecule has 0 saturated carbocycles. The standard InChI is InChI=1S/C25H47NO3/c1-4-6-8-9-10-11-12-13-14-15-16-17-18-19-20-21-24(27)29-25(28)23-26(3)22-7-5-2/h13-14H,4-12,15-23H2,1-3H3. The summed E-state index contributed by atoms with van der Waals surface area (Å²) in [5.74, 6) is -0.808. The molecular formula is C25H47NO3. The van der Waals surface area contributed by atoms with E-state index in [2.05, 4.69) is 26.0 Å². The molecule has 0 amide bonds. The average Bonchev–Trinajstić information content (AvgIpc) is 2.69. The molecule has 0 aliphatic heterocycles. The van der Waals surface area contributed by atoms with E-state index >= 15 is 0 Å². The number of ether oxygens (including phenoxy) is 1. The molecule has 0 heterocycles. The SMILES string of the molecule is CCCCCCCCC=CCCCCCCCC(=O)OC(=O)CN(C)CCCC. The van der Waals surface area contributed by atoms with Crippen molar-refractivity contribution in [1.29, 1.82) is 0 Å². The van der Waals surface area contributed by atoms with Crippen molar-refractivity contribution in [2.24, 2.45) is 0 Å². The topological polar surface area (TPSA) is 46.6 Å². The molecule has 170 valence electrons. The third kappa shape index (κ3) is 21.4. The molecule has 0 atom stereocenters. The number of carbonyl (C=O) groups excluding carboxylic acids is 2. The number of carbonyl (C=O) groups is 2. The van der Waals surface area contributed by atoms with Crippen LogP contribution in [0.5, 0.6) is 0 Å². The van der Waals surface area contributed by atoms with Crippen LogP contribution in [0.3, 0.4) is 0 Å². The predicted molar refractivity (Wildman–Crippen MR) is 123 cm³/mol. The van der Waals surface area contributed by atoms with Crippen LogP contribution in [0.1, 0.15) is 117 Å². The van der Waals surface area contributed by atoms with Crippen molar-refractivity contribution in [3.05, 3.63) is 12.2 Å². The highest BCUT2D eigenvalue weighted by Crippen LogP contribution is 2.10. The number of rotatable bonds is 20. The lowest BCUT2D eigenvalue weighted by Gasteiger charge is -2.14. The molecule has 0 radical (unpaired) electrons. The lowest BCUT2D eigenvalue weighted by molar-refractivity contribution is -0.160. The Morgan fingerprint density at radius 3 is 1.79 bits per heavy atom. The Morgan fingerprint density at radius 2 is 1.21 bits per heavy atom. The van der Waals surface area contributed by atoms with E-state index in [0.29, 0.717) is 6.42 Å². The molecule has 4 nitrogen and oxygen atoms in total. The van der Waals surface area contributed by atoms with E-state index in [1.807, 2.05) is 11.9 Å². The molecule has 0 aromatic carbocycles. The minimum atomic E-state index is -0.429. The van der Waals surface area contributed by atoms with E-state index < -0.39 is 5.97 Å². The Balaban J connectivity index is 3.41. The van der Waals surface area contributed by atoms with Gasteiger partial charge in [-0.3, -0.25) is 14.5 Å². The Labute approximate surface area is 180 Å². The zero-order valence-corrected chi connectivity index (χ0v) is 19.6. The van der Waals surface area contributed by atoms with E-state index in [-0.39, 0.29) is 12.5 Å². The number of hydrogen-bond donors (Lipinski definition) is 0. The summed E-state index contributed by atoms with van der Waals surface area (Å²) < 4.78 is 4.89. The summed E-state index contributed by atoms with van der Waals surface area (Å²) in [5, 5.41) is 0. The van der Waals surface area contributed by atoms with E-state index in [9.17, 15) is 9.59 Å². The van der Waals surface area contributed by atoms with Crippen LogP contribution in [0.15, 0.2) is 12.2 Å². The molecule has 0 unspecified atom stereocenters. The second-order valence-electron chi connectivity index (χ2n) is 8.27. The van der Waals surface area contributed by atoms with Gasteiger partial charge in [-0.05, 0) is 52.1 Å². The highest BCUT2D eigenvalue weighted by Gasteiger charge is 2.12. The van der Waals surface area contributed by atoms with Gasteiger partial charge >= 0.3 is 11.9 Å². The van der Waals surface area contributed by atoms with Gasteiger partial charge in [-0.25, -0.2) is 0 Å². The molecule has 0 aliphatic carbocycles. The van der Waals surface area contributed by atoms with Crippen LogP contribution >= 0.6 is 0 Å². The highest BCUT2D eigenvalue weighted by atomic mass is 16.6. The third-order valence-corrected chi connectivity index (χ3v) is 5.16. The Morgan fingerprint density at radius 1 is 0.690 bits per heavy atom. The number of nitrogens with zero attached hydrogens (tertiary/aromatic N) is 1. The molecule has 0 fully saturated rings. The molecule has 4 heteroatoms. The van der Waals surface area contributed by atoms with Crippen molar-refractivity contribution >= 4 is 11.9 Å². The van der Waals surface area contributed by atoms with Gasteiger partial charge in [0.05, 0.1) is 6.54 Å². The van der Waals surface area contributed by atoms with Gasteiger partial charge in [-0.15, -0.1) is 0 Å². The summed E-state index contributed by atoms with van der Waals surface area (Å²) in [6.07, 6.45) is 23.1. The number of likely N-dealkylation sites (N-methyl/N-ethyl adjacent to an activating group) is 1. The van der Waals surface area contributed by atoms with Crippen LogP contribution in [0, 0.1) is 0 Å². The lowest BCUT2D eigenvalue weighted by Crippen LogP contribution is -2.29. The summed E-state index contributed by atoms with van der Waals surface area (Å²) in [4.78, 5) is 25.3. The first-order valence-corrected chi connectivity index (χ1v) is 12.2. The third-order valence-electron chi connectivity index (χ3n) is 5.16. The number of esters is 2. The fourth-order valence-electron chi connectivity index (χ4n) is 3.28. The summed E-state index contributed by atoms with van der Waals surface area (Å²) in [6, 6.07) is 0. The first-order chi connectivity index (χ1) is 14.1. The van der Waals surface area contributed by atoms with Gasteiger partial charge < -0.3 is 4.74 Å². The van der Waals surface area contributed by atoms with Crippen molar-refractivity contribution in [3.63, 3.8) is 0 Å². The van der Waals surface area contributed by atoms with Gasteiger partial charge in [0, 0.05) is 6.42 Å². The van der Waals surface area contributed by atoms with Gasteiger partial charge in [-0.1, -0.05) is 83.8 Å². The minimum Gasteiger partial charge on any atom is -0.392 e. The lowest BCUT2D eigenvalue weighted by atomic mass is 10.1. The predicted octanol–water partition coefficient (Wildman–Crippen LogP) is 6.83. The zero-order chi connectivity index (χ0) is 21.6. The number of unbranched alkanes of at least 4 members (excludes halogenated alkanes) is 12. The molecule has 0 bridgehead atoms. The Hall–Kier alpha value is -1.16. The smallest absolute Gasteiger partial charge is 0.327 e. The molecule has 0 N–H and O–H groups in total. The van der Waals surface area contributed by atoms with Gasteiger partial charge in [0.1, 0.15) is 0 Å². The van der Waals surface area contributed by atoms with Crippen LogP contribution in [-0.4, -0.2) is 37.0 Å². The molecule has 0 aliphatic rings. The van der Waals surface area contributed by atoms with Gasteiger partial charge in [0.25, 0.3) is 0 Å². The second kappa shape index (κ2) is 21.5. The van der Waals surface area contributed by atoms with Crippen LogP contribution < -0.4 is 0 Å². The molecule has 0 aromatic rings. The quantitative estimate of drug-likeness (QED) is 0.0957. The summed E-state index contributed by atoms with van der Waals surface area (Å²) in [7, 11) is 1.88. The van der Waals surface area contributed by atoms with Gasteiger partial charge in [0.15, 0.2) is 0 Å². The van der Waals surface area contributed by atoms with Crippen LogP contribution in [0.25, 0.3) is 0 Å². The zero-order valence-electron chi connectivity index (χ0n) is 19.6. The first kappa shape index (κ1) is 27.8. The molecule has 0 spiro atoms. The number of allylic oxidation sites excluding steroid dienone is 2. The van der Waals surface area contributed by atoms with Gasteiger partial charge in [0.2, 0.25) is 0 Å². The fourth-order valence-corrected chi connectivity index (χ4v) is 3.28. The summed E-state index contributed by atoms with van der Waals surface area (Å²) in [5.41, 5.74) is 0. The summed E-state index contributed by atoms with van der Waals surface area (Å²) in [6.45, 7) is 5.42. The van der Waals surface area contributed by atoms with Crippen molar-refractivity contribution in [2.75, 3.05) is 20.1 Å². The monoisotopic (exact) mass is 409 g/mol. The average molecular weight is 410 g/mol. The van der Waals surface area contributed by atoms with Crippen molar-refractivity contribution in [1.82, 2.24) is 4.90 Å². The molecule has 0 rings (SSSR count). The number of hydrogen-bond acceptors (Lipinski definition) is 4.